The normalized spacial score (nSPS) is 12.0. The third kappa shape index (κ3) is 10.0. The molecule has 1 atom stereocenters. The molecule has 0 saturated carbocycles. The number of allylic oxidation sites excluding steroid dienone is 1. The smallest absolute Gasteiger partial charge is 0 e. The second-order valence-corrected chi connectivity index (χ2v) is 5.18. The molecular formula is C24H37Hf-7. The Morgan fingerprint density at radius 1 is 0.920 bits per heavy atom. The van der Waals surface area contributed by atoms with E-state index in [2.05, 4.69) is 45.1 Å². The van der Waals surface area contributed by atoms with Crippen LogP contribution in [-0.2, 0) is 25.8 Å². The molecule has 0 nitrogen and oxygen atoms in total. The first-order valence-electron chi connectivity index (χ1n) is 7.09. The molecule has 2 aromatic rings. The van der Waals surface area contributed by atoms with Crippen molar-refractivity contribution in [3.63, 3.8) is 0 Å². The van der Waals surface area contributed by atoms with E-state index in [4.69, 9.17) is 0 Å². The largest absolute Gasteiger partial charge is 0.358 e. The molecule has 0 aliphatic heterocycles. The van der Waals surface area contributed by atoms with Crippen LogP contribution in [0.4, 0.5) is 0 Å². The van der Waals surface area contributed by atoms with Gasteiger partial charge in [0.1, 0.15) is 0 Å². The maximum absolute atomic E-state index is 3.45. The molecule has 0 fully saturated rings. The SMILES string of the molecule is CCCC1[C-]=Cc2cc(C)c(C)cc21.[CH3-].[CH3-].[CH3-].[CH3-].[CH3-].[Hf].c1cc[cH-]c1. The Balaban J connectivity index is -0.000000108. The predicted molar refractivity (Wildman–Crippen MR) is 115 cm³/mol. The summed E-state index contributed by atoms with van der Waals surface area (Å²) in [5.74, 6) is 0.550. The fourth-order valence-corrected chi connectivity index (χ4v) is 2.42. The fraction of sp³-hybridized carbons (Fsp3) is 0.250. The van der Waals surface area contributed by atoms with Crippen LogP contribution in [0.2, 0.25) is 0 Å². The summed E-state index contributed by atoms with van der Waals surface area (Å²) in [6, 6.07) is 14.6. The number of hydrogen-bond donors (Lipinski definition) is 0. The summed E-state index contributed by atoms with van der Waals surface area (Å²) in [6.45, 7) is 6.61. The van der Waals surface area contributed by atoms with Crippen LogP contribution < -0.4 is 0 Å². The summed E-state index contributed by atoms with van der Waals surface area (Å²) in [4.78, 5) is 0. The Morgan fingerprint density at radius 2 is 1.44 bits per heavy atom. The van der Waals surface area contributed by atoms with Gasteiger partial charge in [-0.15, -0.1) is 11.6 Å². The van der Waals surface area contributed by atoms with Crippen molar-refractivity contribution < 1.29 is 25.8 Å². The second kappa shape index (κ2) is 18.0. The van der Waals surface area contributed by atoms with E-state index < -0.39 is 0 Å². The van der Waals surface area contributed by atoms with Crippen molar-refractivity contribution in [3.8, 4) is 0 Å². The number of benzene rings is 1. The first-order valence-corrected chi connectivity index (χ1v) is 7.09. The first-order chi connectivity index (χ1) is 9.22. The minimum atomic E-state index is 0. The zero-order valence-electron chi connectivity index (χ0n) is 17.6. The van der Waals surface area contributed by atoms with E-state index in [0.29, 0.717) is 5.92 Å². The van der Waals surface area contributed by atoms with E-state index in [1.165, 1.54) is 35.1 Å². The summed E-state index contributed by atoms with van der Waals surface area (Å²) in [7, 11) is 0. The molecule has 1 heteroatoms. The van der Waals surface area contributed by atoms with Crippen molar-refractivity contribution in [3.05, 3.63) is 108 Å². The van der Waals surface area contributed by atoms with E-state index in [-0.39, 0.29) is 63.0 Å². The van der Waals surface area contributed by atoms with Gasteiger partial charge in [-0.2, -0.15) is 23.8 Å². The molecule has 0 bridgehead atoms. The van der Waals surface area contributed by atoms with E-state index >= 15 is 0 Å². The van der Waals surface area contributed by atoms with E-state index in [1.54, 1.807) is 0 Å². The molecule has 0 N–H and O–H groups in total. The van der Waals surface area contributed by atoms with Crippen molar-refractivity contribution in [2.45, 2.75) is 39.5 Å². The molecule has 0 amide bonds. The summed E-state index contributed by atoms with van der Waals surface area (Å²) in [5.41, 5.74) is 5.66. The number of aryl methyl sites for hydroxylation is 2. The Kier molecular flexibility index (Phi) is 25.4. The molecule has 3 rings (SSSR count). The van der Waals surface area contributed by atoms with Gasteiger partial charge in [0.25, 0.3) is 0 Å². The van der Waals surface area contributed by atoms with E-state index in [1.807, 2.05) is 30.3 Å². The Hall–Kier alpha value is -0.820. The van der Waals surface area contributed by atoms with Crippen molar-refractivity contribution in [2.75, 3.05) is 0 Å². The third-order valence-corrected chi connectivity index (χ3v) is 3.65. The zero-order chi connectivity index (χ0) is 13.7. The molecular weight excluding hydrogens is 467 g/mol. The van der Waals surface area contributed by atoms with Crippen LogP contribution in [0.1, 0.15) is 47.9 Å². The molecule has 1 aliphatic rings. The number of rotatable bonds is 2. The van der Waals surface area contributed by atoms with Gasteiger partial charge in [-0.1, -0.05) is 42.9 Å². The van der Waals surface area contributed by atoms with Gasteiger partial charge in [-0.05, 0) is 13.8 Å². The van der Waals surface area contributed by atoms with E-state index in [9.17, 15) is 0 Å². The molecule has 25 heavy (non-hydrogen) atoms. The topological polar surface area (TPSA) is 0 Å². The second-order valence-electron chi connectivity index (χ2n) is 5.18. The zero-order valence-corrected chi connectivity index (χ0v) is 21.2. The average Bonchev–Trinajstić information content (AvgIpc) is 3.05. The van der Waals surface area contributed by atoms with Crippen LogP contribution in [0, 0.1) is 57.1 Å². The molecule has 144 valence electrons. The van der Waals surface area contributed by atoms with Crippen LogP contribution in [0.3, 0.4) is 0 Å². The standard InChI is InChI=1S/C14H17.C5H5.5CH3.Hf/c1-4-5-12-6-7-13-8-10(2)11(3)9-14(12)13;1-2-4-5-3-1;;;;;;/h7-9,12H,4-5H2,1-3H3;1-5H;5*1H3;/q7*-1;. The van der Waals surface area contributed by atoms with Crippen LogP contribution in [0.5, 0.6) is 0 Å². The van der Waals surface area contributed by atoms with Gasteiger partial charge in [-0.25, -0.2) is 18.2 Å². The first kappa shape index (κ1) is 35.3. The molecule has 0 spiro atoms. The molecule has 0 aromatic heterocycles. The number of hydrogen-bond acceptors (Lipinski definition) is 0. The average molecular weight is 504 g/mol. The molecule has 0 saturated heterocycles. The maximum atomic E-state index is 3.45. The minimum absolute atomic E-state index is 0. The van der Waals surface area contributed by atoms with E-state index in [0.717, 1.165) is 0 Å². The quantitative estimate of drug-likeness (QED) is 0.291. The Labute approximate surface area is 178 Å². The van der Waals surface area contributed by atoms with Gasteiger partial charge in [0, 0.05) is 25.8 Å². The molecule has 0 heterocycles. The van der Waals surface area contributed by atoms with Crippen LogP contribution in [-0.4, -0.2) is 0 Å². The van der Waals surface area contributed by atoms with Crippen molar-refractivity contribution >= 4 is 6.08 Å². The molecule has 0 radical (unpaired) electrons. The van der Waals surface area contributed by atoms with Crippen molar-refractivity contribution in [1.29, 1.82) is 0 Å². The molecule has 2 aromatic carbocycles. The third-order valence-electron chi connectivity index (χ3n) is 3.65. The molecule has 1 unspecified atom stereocenters. The fourth-order valence-electron chi connectivity index (χ4n) is 2.42. The Bertz CT molecular complexity index is 518. The van der Waals surface area contributed by atoms with Gasteiger partial charge in [-0.3, -0.25) is 6.08 Å². The molecule has 1 aliphatic carbocycles. The maximum Gasteiger partial charge on any atom is 0 e. The Morgan fingerprint density at radius 3 is 1.88 bits per heavy atom. The van der Waals surface area contributed by atoms with Crippen molar-refractivity contribution in [2.24, 2.45) is 0 Å². The summed E-state index contributed by atoms with van der Waals surface area (Å²) >= 11 is 0. The van der Waals surface area contributed by atoms with Crippen LogP contribution in [0.15, 0.2) is 42.5 Å². The summed E-state index contributed by atoms with van der Waals surface area (Å²) < 4.78 is 0. The van der Waals surface area contributed by atoms with Gasteiger partial charge in [0.15, 0.2) is 0 Å². The van der Waals surface area contributed by atoms with Crippen LogP contribution >= 0.6 is 0 Å². The number of fused-ring (bicyclic) bond motifs is 1. The van der Waals surface area contributed by atoms with Gasteiger partial charge in [0.2, 0.25) is 0 Å². The monoisotopic (exact) mass is 505 g/mol. The van der Waals surface area contributed by atoms with Crippen LogP contribution in [0.25, 0.3) is 6.08 Å². The predicted octanol–water partition coefficient (Wildman–Crippen LogP) is 7.67. The van der Waals surface area contributed by atoms with Gasteiger partial charge in [0.05, 0.1) is 0 Å². The summed E-state index contributed by atoms with van der Waals surface area (Å²) in [5, 5.41) is 0. The summed E-state index contributed by atoms with van der Waals surface area (Å²) in [6.07, 6.45) is 8.07. The minimum Gasteiger partial charge on any atom is -0.358 e. The van der Waals surface area contributed by atoms with Crippen molar-refractivity contribution in [1.82, 2.24) is 0 Å². The van der Waals surface area contributed by atoms with Gasteiger partial charge >= 0.3 is 0 Å². The van der Waals surface area contributed by atoms with Gasteiger partial charge < -0.3 is 37.1 Å².